The van der Waals surface area contributed by atoms with Gasteiger partial charge in [-0.2, -0.15) is 0 Å². The molecule has 1 atom stereocenters. The summed E-state index contributed by atoms with van der Waals surface area (Å²) < 4.78 is 0. The van der Waals surface area contributed by atoms with E-state index in [0.29, 0.717) is 0 Å². The van der Waals surface area contributed by atoms with Crippen LogP contribution >= 0.6 is 11.3 Å². The number of hydrogen-bond donors (Lipinski definition) is 1. The molecule has 0 aliphatic carbocycles. The fourth-order valence-electron chi connectivity index (χ4n) is 2.72. The van der Waals surface area contributed by atoms with Crippen LogP contribution in [-0.4, -0.2) is 55.2 Å². The third kappa shape index (κ3) is 2.78. The van der Waals surface area contributed by atoms with Crippen molar-refractivity contribution in [1.82, 2.24) is 15.2 Å². The van der Waals surface area contributed by atoms with Crippen LogP contribution in [0.3, 0.4) is 0 Å². The van der Waals surface area contributed by atoms with Crippen molar-refractivity contribution in [3.05, 3.63) is 11.6 Å². The maximum atomic E-state index is 4.38. The van der Waals surface area contributed by atoms with Gasteiger partial charge in [0.1, 0.15) is 0 Å². The molecule has 0 unspecified atom stereocenters. The van der Waals surface area contributed by atoms with E-state index in [-0.39, 0.29) is 0 Å². The van der Waals surface area contributed by atoms with Crippen molar-refractivity contribution in [2.75, 3.05) is 44.2 Å². The van der Waals surface area contributed by atoms with Gasteiger partial charge >= 0.3 is 0 Å². The first-order valence-electron chi connectivity index (χ1n) is 6.52. The Morgan fingerprint density at radius 3 is 2.88 bits per heavy atom. The highest BCUT2D eigenvalue weighted by atomic mass is 32.1. The lowest BCUT2D eigenvalue weighted by atomic mass is 10.2. The fraction of sp³-hybridized carbons (Fsp3) is 0.750. The zero-order chi connectivity index (χ0) is 11.5. The Kier molecular flexibility index (Phi) is 3.59. The molecule has 2 saturated heterocycles. The van der Waals surface area contributed by atoms with Crippen molar-refractivity contribution < 1.29 is 0 Å². The van der Waals surface area contributed by atoms with Crippen molar-refractivity contribution in [3.8, 4) is 0 Å². The van der Waals surface area contributed by atoms with E-state index in [1.165, 1.54) is 44.2 Å². The zero-order valence-corrected chi connectivity index (χ0v) is 11.0. The molecule has 0 spiro atoms. The second kappa shape index (κ2) is 5.33. The molecule has 2 aliphatic rings. The first kappa shape index (κ1) is 11.4. The molecule has 4 nitrogen and oxygen atoms in total. The second-order valence-corrected chi connectivity index (χ2v) is 5.77. The lowest BCUT2D eigenvalue weighted by molar-refractivity contribution is 0.236. The maximum Gasteiger partial charge on any atom is 0.185 e. The van der Waals surface area contributed by atoms with Crippen LogP contribution < -0.4 is 10.2 Å². The van der Waals surface area contributed by atoms with Crippen LogP contribution in [0, 0.1) is 0 Å². The minimum atomic E-state index is 0.737. The predicted octanol–water partition coefficient (Wildman–Crippen LogP) is 1.02. The average Bonchev–Trinajstić information content (AvgIpc) is 3.01. The molecule has 5 heteroatoms. The number of piperazine rings is 1. The van der Waals surface area contributed by atoms with Crippen LogP contribution in [0.5, 0.6) is 0 Å². The molecule has 2 fully saturated rings. The van der Waals surface area contributed by atoms with Gasteiger partial charge < -0.3 is 10.2 Å². The van der Waals surface area contributed by atoms with Gasteiger partial charge in [0.15, 0.2) is 5.13 Å². The number of nitrogens with zero attached hydrogens (tertiary/aromatic N) is 3. The molecule has 94 valence electrons. The second-order valence-electron chi connectivity index (χ2n) is 4.90. The summed E-state index contributed by atoms with van der Waals surface area (Å²) in [5, 5.41) is 6.82. The Labute approximate surface area is 107 Å². The van der Waals surface area contributed by atoms with Gasteiger partial charge in [-0.25, -0.2) is 4.98 Å². The average molecular weight is 252 g/mol. The first-order chi connectivity index (χ1) is 8.42. The van der Waals surface area contributed by atoms with E-state index in [1.54, 1.807) is 11.3 Å². The van der Waals surface area contributed by atoms with Gasteiger partial charge in [-0.3, -0.25) is 4.90 Å². The summed E-state index contributed by atoms with van der Waals surface area (Å²) in [4.78, 5) is 9.38. The van der Waals surface area contributed by atoms with E-state index < -0.39 is 0 Å². The van der Waals surface area contributed by atoms with Crippen LogP contribution in [0.1, 0.15) is 12.8 Å². The summed E-state index contributed by atoms with van der Waals surface area (Å²) in [5.74, 6) is 0. The highest BCUT2D eigenvalue weighted by molar-refractivity contribution is 7.13. The molecule has 3 rings (SSSR count). The van der Waals surface area contributed by atoms with Crippen LogP contribution in [0.4, 0.5) is 5.13 Å². The predicted molar refractivity (Wildman–Crippen MR) is 71.8 cm³/mol. The normalized spacial score (nSPS) is 26.6. The van der Waals surface area contributed by atoms with Gasteiger partial charge in [-0.15, -0.1) is 11.3 Å². The number of rotatable bonds is 3. The van der Waals surface area contributed by atoms with Gasteiger partial charge in [-0.05, 0) is 19.4 Å². The van der Waals surface area contributed by atoms with Gasteiger partial charge in [-0.1, -0.05) is 0 Å². The highest BCUT2D eigenvalue weighted by Gasteiger charge is 2.22. The lowest BCUT2D eigenvalue weighted by Crippen LogP contribution is -2.49. The quantitative estimate of drug-likeness (QED) is 0.870. The summed E-state index contributed by atoms with van der Waals surface area (Å²) in [6.45, 7) is 7.05. The molecule has 2 aliphatic heterocycles. The molecular weight excluding hydrogens is 232 g/mol. The van der Waals surface area contributed by atoms with Crippen LogP contribution in [0.15, 0.2) is 11.6 Å². The molecule has 0 aromatic carbocycles. The van der Waals surface area contributed by atoms with Gasteiger partial charge in [0.2, 0.25) is 0 Å². The topological polar surface area (TPSA) is 31.4 Å². The van der Waals surface area contributed by atoms with E-state index in [9.17, 15) is 0 Å². The highest BCUT2D eigenvalue weighted by Crippen LogP contribution is 2.19. The summed E-state index contributed by atoms with van der Waals surface area (Å²) in [6.07, 6.45) is 4.60. The van der Waals surface area contributed by atoms with Crippen LogP contribution in [0.25, 0.3) is 0 Å². The molecule has 0 bridgehead atoms. The Morgan fingerprint density at radius 2 is 2.24 bits per heavy atom. The number of anilines is 1. The molecule has 17 heavy (non-hydrogen) atoms. The van der Waals surface area contributed by atoms with Gasteiger partial charge in [0.05, 0.1) is 0 Å². The van der Waals surface area contributed by atoms with Crippen molar-refractivity contribution >= 4 is 16.5 Å². The molecule has 1 aromatic heterocycles. The largest absolute Gasteiger partial charge is 0.346 e. The third-order valence-electron chi connectivity index (χ3n) is 3.70. The number of nitrogens with one attached hydrogen (secondary N) is 1. The van der Waals surface area contributed by atoms with E-state index >= 15 is 0 Å². The molecule has 3 heterocycles. The van der Waals surface area contributed by atoms with Crippen LogP contribution in [-0.2, 0) is 0 Å². The van der Waals surface area contributed by atoms with Crippen molar-refractivity contribution in [1.29, 1.82) is 0 Å². The molecular formula is C12H20N4S. The summed E-state index contributed by atoms with van der Waals surface area (Å²) >= 11 is 1.75. The summed E-state index contributed by atoms with van der Waals surface area (Å²) in [6, 6.07) is 0.737. The lowest BCUT2D eigenvalue weighted by Gasteiger charge is -2.35. The number of thiazole rings is 1. The third-order valence-corrected chi connectivity index (χ3v) is 4.54. The number of hydrogen-bond acceptors (Lipinski definition) is 5. The minimum absolute atomic E-state index is 0.737. The maximum absolute atomic E-state index is 4.38. The standard InChI is InChI=1S/C12H20N4S/c1-2-11(13-3-1)10-15-5-7-16(8-6-15)12-14-4-9-17-12/h4,9,11,13H,1-3,5-8,10H2/t11-/m0/s1. The van der Waals surface area contributed by atoms with Crippen molar-refractivity contribution in [2.24, 2.45) is 0 Å². The smallest absolute Gasteiger partial charge is 0.185 e. The Bertz CT molecular complexity index is 326. The fourth-order valence-corrected chi connectivity index (χ4v) is 3.41. The molecule has 1 aromatic rings. The van der Waals surface area contributed by atoms with Crippen molar-refractivity contribution in [2.45, 2.75) is 18.9 Å². The monoisotopic (exact) mass is 252 g/mol. The van der Waals surface area contributed by atoms with Gasteiger partial charge in [0.25, 0.3) is 0 Å². The zero-order valence-electron chi connectivity index (χ0n) is 10.1. The Balaban J connectivity index is 1.47. The molecule has 0 radical (unpaired) electrons. The Morgan fingerprint density at radius 1 is 1.35 bits per heavy atom. The minimum Gasteiger partial charge on any atom is -0.346 e. The summed E-state index contributed by atoms with van der Waals surface area (Å²) in [7, 11) is 0. The molecule has 0 amide bonds. The van der Waals surface area contributed by atoms with Crippen LogP contribution in [0.2, 0.25) is 0 Å². The first-order valence-corrected chi connectivity index (χ1v) is 7.40. The van der Waals surface area contributed by atoms with E-state index in [1.807, 2.05) is 6.20 Å². The van der Waals surface area contributed by atoms with E-state index in [2.05, 4.69) is 25.5 Å². The number of aromatic nitrogens is 1. The van der Waals surface area contributed by atoms with E-state index in [4.69, 9.17) is 0 Å². The van der Waals surface area contributed by atoms with Crippen molar-refractivity contribution in [3.63, 3.8) is 0 Å². The SMILES string of the molecule is c1csc(N2CCN(C[C@@H]3CCCN3)CC2)n1. The van der Waals surface area contributed by atoms with E-state index in [0.717, 1.165) is 19.1 Å². The Hall–Kier alpha value is -0.650. The summed E-state index contributed by atoms with van der Waals surface area (Å²) in [5.41, 5.74) is 0. The molecule has 0 saturated carbocycles. The molecule has 1 N–H and O–H groups in total. The van der Waals surface area contributed by atoms with Gasteiger partial charge in [0, 0.05) is 50.3 Å².